The molecule has 0 radical (unpaired) electrons. The van der Waals surface area contributed by atoms with E-state index in [9.17, 15) is 9.59 Å². The van der Waals surface area contributed by atoms with Crippen molar-refractivity contribution in [2.75, 3.05) is 39.4 Å². The fourth-order valence-corrected chi connectivity index (χ4v) is 5.22. The first-order chi connectivity index (χ1) is 15.2. The Hall–Kier alpha value is -1.92. The van der Waals surface area contributed by atoms with Crippen molar-refractivity contribution in [3.05, 3.63) is 35.9 Å². The molecule has 1 aromatic carbocycles. The number of hydrogen-bond acceptors (Lipinski definition) is 4. The highest BCUT2D eigenvalue weighted by Crippen LogP contribution is 2.25. The third-order valence-electron chi connectivity index (χ3n) is 7.16. The minimum atomic E-state index is 0.156. The molecule has 3 saturated heterocycles. The Bertz CT molecular complexity index is 712. The number of benzene rings is 1. The van der Waals surface area contributed by atoms with Gasteiger partial charge in [0.25, 0.3) is 0 Å². The molecule has 6 heteroatoms. The number of nitrogens with zero attached hydrogens (tertiary/aromatic N) is 2. The summed E-state index contributed by atoms with van der Waals surface area (Å²) in [5.74, 6) is 1.22. The van der Waals surface area contributed by atoms with Gasteiger partial charge in [0.15, 0.2) is 0 Å². The molecule has 1 aromatic rings. The summed E-state index contributed by atoms with van der Waals surface area (Å²) in [5.41, 5.74) is 1.33. The number of carbonyl (C=O) groups is 2. The fraction of sp³-hybridized carbons (Fsp3) is 0.680. The van der Waals surface area contributed by atoms with Crippen molar-refractivity contribution in [3.8, 4) is 0 Å². The molecule has 0 saturated carbocycles. The molecule has 1 atom stereocenters. The molecule has 0 aromatic heterocycles. The molecule has 2 amide bonds. The Kier molecular flexibility index (Phi) is 7.97. The van der Waals surface area contributed by atoms with E-state index < -0.39 is 0 Å². The van der Waals surface area contributed by atoms with Gasteiger partial charge in [0, 0.05) is 64.3 Å². The minimum absolute atomic E-state index is 0.156. The van der Waals surface area contributed by atoms with Gasteiger partial charge in [0.2, 0.25) is 11.8 Å². The van der Waals surface area contributed by atoms with Crippen LogP contribution in [0.3, 0.4) is 0 Å². The molecule has 170 valence electrons. The van der Waals surface area contributed by atoms with Crippen molar-refractivity contribution < 1.29 is 14.3 Å². The maximum absolute atomic E-state index is 12.7. The Balaban J connectivity index is 1.11. The fourth-order valence-electron chi connectivity index (χ4n) is 5.22. The summed E-state index contributed by atoms with van der Waals surface area (Å²) in [5, 5.41) is 3.25. The number of nitrogens with one attached hydrogen (secondary N) is 1. The summed E-state index contributed by atoms with van der Waals surface area (Å²) in [7, 11) is 0. The molecule has 0 aliphatic carbocycles. The first-order valence-electron chi connectivity index (χ1n) is 12.1. The van der Waals surface area contributed by atoms with Gasteiger partial charge in [-0.2, -0.15) is 0 Å². The van der Waals surface area contributed by atoms with E-state index >= 15 is 0 Å². The Morgan fingerprint density at radius 2 is 1.71 bits per heavy atom. The van der Waals surface area contributed by atoms with Gasteiger partial charge in [0.1, 0.15) is 0 Å². The van der Waals surface area contributed by atoms with Crippen molar-refractivity contribution in [2.45, 2.75) is 57.5 Å². The summed E-state index contributed by atoms with van der Waals surface area (Å²) >= 11 is 0. The summed E-state index contributed by atoms with van der Waals surface area (Å²) in [4.78, 5) is 29.6. The lowest BCUT2D eigenvalue weighted by Gasteiger charge is -2.35. The van der Waals surface area contributed by atoms with Crippen molar-refractivity contribution >= 4 is 11.8 Å². The first kappa shape index (κ1) is 22.3. The number of amides is 2. The van der Waals surface area contributed by atoms with Crippen molar-refractivity contribution in [1.29, 1.82) is 0 Å². The molecule has 3 aliphatic heterocycles. The Morgan fingerprint density at radius 3 is 2.45 bits per heavy atom. The lowest BCUT2D eigenvalue weighted by atomic mass is 9.90. The van der Waals surface area contributed by atoms with Crippen LogP contribution in [-0.4, -0.2) is 67.0 Å². The van der Waals surface area contributed by atoms with Gasteiger partial charge in [-0.05, 0) is 50.0 Å². The number of hydrogen-bond donors (Lipinski definition) is 1. The van der Waals surface area contributed by atoms with E-state index in [-0.39, 0.29) is 17.9 Å². The third kappa shape index (κ3) is 6.53. The summed E-state index contributed by atoms with van der Waals surface area (Å²) < 4.78 is 5.38. The standard InChI is InChI=1S/C25H37N3O3/c29-24(26-23-10-13-27(19-23)18-21-4-2-1-3-5-21)7-6-20-8-14-28(15-9-20)25(30)22-11-16-31-17-12-22/h1-5,20,22-23H,6-19H2,(H,26,29)/t23-/m1/s1. The van der Waals surface area contributed by atoms with Crippen LogP contribution in [0.2, 0.25) is 0 Å². The number of rotatable bonds is 7. The number of carbonyl (C=O) groups excluding carboxylic acids is 2. The van der Waals surface area contributed by atoms with Crippen LogP contribution in [-0.2, 0) is 20.9 Å². The highest BCUT2D eigenvalue weighted by atomic mass is 16.5. The van der Waals surface area contributed by atoms with Crippen LogP contribution in [0.1, 0.15) is 50.5 Å². The van der Waals surface area contributed by atoms with Crippen LogP contribution < -0.4 is 5.32 Å². The molecular formula is C25H37N3O3. The molecule has 3 aliphatic rings. The first-order valence-corrected chi connectivity index (χ1v) is 12.1. The molecule has 3 fully saturated rings. The van der Waals surface area contributed by atoms with Gasteiger partial charge in [0.05, 0.1) is 0 Å². The molecule has 31 heavy (non-hydrogen) atoms. The van der Waals surface area contributed by atoms with E-state index in [2.05, 4.69) is 34.5 Å². The van der Waals surface area contributed by atoms with Crippen LogP contribution in [0.15, 0.2) is 30.3 Å². The molecule has 4 rings (SSSR count). The summed E-state index contributed by atoms with van der Waals surface area (Å²) in [6, 6.07) is 10.8. The van der Waals surface area contributed by atoms with Gasteiger partial charge >= 0.3 is 0 Å². The zero-order valence-electron chi connectivity index (χ0n) is 18.6. The lowest BCUT2D eigenvalue weighted by Crippen LogP contribution is -2.43. The average molecular weight is 428 g/mol. The lowest BCUT2D eigenvalue weighted by molar-refractivity contribution is -0.140. The molecule has 0 spiro atoms. The normalized spacial score (nSPS) is 23.7. The maximum atomic E-state index is 12.7. The Morgan fingerprint density at radius 1 is 0.968 bits per heavy atom. The van der Waals surface area contributed by atoms with Gasteiger partial charge in [-0.15, -0.1) is 0 Å². The summed E-state index contributed by atoms with van der Waals surface area (Å²) in [6.07, 6.45) is 6.35. The van der Waals surface area contributed by atoms with E-state index in [0.29, 0.717) is 31.5 Å². The zero-order chi connectivity index (χ0) is 21.5. The summed E-state index contributed by atoms with van der Waals surface area (Å²) in [6.45, 7) is 6.06. The van der Waals surface area contributed by atoms with E-state index in [1.54, 1.807) is 0 Å². The number of likely N-dealkylation sites (tertiary alicyclic amines) is 2. The topological polar surface area (TPSA) is 61.9 Å². The number of piperidine rings is 1. The zero-order valence-corrected chi connectivity index (χ0v) is 18.6. The van der Waals surface area contributed by atoms with Crippen molar-refractivity contribution in [2.24, 2.45) is 11.8 Å². The molecule has 3 heterocycles. The van der Waals surface area contributed by atoms with Gasteiger partial charge in [-0.3, -0.25) is 14.5 Å². The maximum Gasteiger partial charge on any atom is 0.225 e. The second-order valence-electron chi connectivity index (χ2n) is 9.47. The second kappa shape index (κ2) is 11.1. The molecule has 0 bridgehead atoms. The van der Waals surface area contributed by atoms with E-state index in [1.165, 1.54) is 5.56 Å². The predicted molar refractivity (Wildman–Crippen MR) is 120 cm³/mol. The molecular weight excluding hydrogens is 390 g/mol. The quantitative estimate of drug-likeness (QED) is 0.727. The second-order valence-corrected chi connectivity index (χ2v) is 9.47. The molecule has 6 nitrogen and oxygen atoms in total. The van der Waals surface area contributed by atoms with Gasteiger partial charge < -0.3 is 15.0 Å². The van der Waals surface area contributed by atoms with Crippen LogP contribution >= 0.6 is 0 Å². The van der Waals surface area contributed by atoms with Crippen LogP contribution in [0.5, 0.6) is 0 Å². The minimum Gasteiger partial charge on any atom is -0.381 e. The van der Waals surface area contributed by atoms with Crippen LogP contribution in [0, 0.1) is 11.8 Å². The highest BCUT2D eigenvalue weighted by Gasteiger charge is 2.30. The van der Waals surface area contributed by atoms with E-state index in [0.717, 1.165) is 71.2 Å². The predicted octanol–water partition coefficient (Wildman–Crippen LogP) is 2.82. The van der Waals surface area contributed by atoms with E-state index in [1.807, 2.05) is 11.0 Å². The SMILES string of the molecule is O=C(CCC1CCN(C(=O)C2CCOCC2)CC1)N[C@@H]1CCN(Cc2ccccc2)C1. The Labute approximate surface area is 186 Å². The van der Waals surface area contributed by atoms with Gasteiger partial charge in [-0.1, -0.05) is 30.3 Å². The smallest absolute Gasteiger partial charge is 0.225 e. The van der Waals surface area contributed by atoms with Crippen LogP contribution in [0.25, 0.3) is 0 Å². The largest absolute Gasteiger partial charge is 0.381 e. The molecule has 0 unspecified atom stereocenters. The van der Waals surface area contributed by atoms with Crippen LogP contribution in [0.4, 0.5) is 0 Å². The third-order valence-corrected chi connectivity index (χ3v) is 7.16. The molecule has 1 N–H and O–H groups in total. The highest BCUT2D eigenvalue weighted by molar-refractivity contribution is 5.79. The monoisotopic (exact) mass is 427 g/mol. The van der Waals surface area contributed by atoms with Crippen molar-refractivity contribution in [3.63, 3.8) is 0 Å². The average Bonchev–Trinajstić information content (AvgIpc) is 3.25. The number of ether oxygens (including phenoxy) is 1. The van der Waals surface area contributed by atoms with Gasteiger partial charge in [-0.25, -0.2) is 0 Å². The van der Waals surface area contributed by atoms with E-state index in [4.69, 9.17) is 4.74 Å². The van der Waals surface area contributed by atoms with Crippen molar-refractivity contribution in [1.82, 2.24) is 15.1 Å².